The molecule has 3 aromatic rings. The second-order valence-electron chi connectivity index (χ2n) is 7.26. The van der Waals surface area contributed by atoms with Crippen LogP contribution in [0.2, 0.25) is 20.1 Å². The summed E-state index contributed by atoms with van der Waals surface area (Å²) in [6.07, 6.45) is -0.232. The predicted molar refractivity (Wildman–Crippen MR) is 119 cm³/mol. The average Bonchev–Trinajstić information content (AvgIpc) is 3.25. The third-order valence-corrected chi connectivity index (χ3v) is 6.38. The van der Waals surface area contributed by atoms with Gasteiger partial charge in [-0.25, -0.2) is 4.98 Å². The first kappa shape index (κ1) is 21.7. The maximum atomic E-state index is 12.8. The van der Waals surface area contributed by atoms with Crippen LogP contribution in [0.5, 0.6) is 0 Å². The summed E-state index contributed by atoms with van der Waals surface area (Å²) in [5, 5.41) is 14.9. The summed E-state index contributed by atoms with van der Waals surface area (Å²) in [5.41, 5.74) is 2.26. The number of aromatic amines is 1. The zero-order valence-electron chi connectivity index (χ0n) is 15.6. The number of carbonyl (C=O) groups excluding carboxylic acids is 1. The number of aliphatic hydroxyl groups is 1. The third kappa shape index (κ3) is 4.69. The second-order valence-corrected chi connectivity index (χ2v) is 8.91. The van der Waals surface area contributed by atoms with Crippen LogP contribution in [0.3, 0.4) is 0 Å². The second kappa shape index (κ2) is 8.91. The van der Waals surface area contributed by atoms with Crippen molar-refractivity contribution in [1.82, 2.24) is 20.2 Å². The number of imidazole rings is 1. The average molecular weight is 488 g/mol. The van der Waals surface area contributed by atoms with Crippen LogP contribution in [0.1, 0.15) is 17.8 Å². The molecule has 10 heteroatoms. The smallest absolute Gasteiger partial charge is 0.237 e. The van der Waals surface area contributed by atoms with Gasteiger partial charge in [-0.2, -0.15) is 0 Å². The van der Waals surface area contributed by atoms with E-state index in [0.717, 1.165) is 11.1 Å². The van der Waals surface area contributed by atoms with E-state index in [1.807, 2.05) is 11.0 Å². The summed E-state index contributed by atoms with van der Waals surface area (Å²) in [4.78, 5) is 22.3. The summed E-state index contributed by atoms with van der Waals surface area (Å²) in [6, 6.07) is 8.15. The maximum Gasteiger partial charge on any atom is 0.237 e. The minimum atomic E-state index is -0.581. The summed E-state index contributed by atoms with van der Waals surface area (Å²) in [5.74, 6) is 0.399. The Morgan fingerprint density at radius 1 is 1.17 bits per heavy atom. The van der Waals surface area contributed by atoms with E-state index in [1.165, 1.54) is 0 Å². The lowest BCUT2D eigenvalue weighted by molar-refractivity contribution is -0.125. The van der Waals surface area contributed by atoms with Crippen LogP contribution in [0.25, 0.3) is 11.0 Å². The largest absolute Gasteiger partial charge is 0.392 e. The number of benzene rings is 2. The number of rotatable bonds is 5. The number of halogens is 4. The van der Waals surface area contributed by atoms with Gasteiger partial charge in [0.15, 0.2) is 0 Å². The topological polar surface area (TPSA) is 81.2 Å². The van der Waals surface area contributed by atoms with Gasteiger partial charge in [0.2, 0.25) is 5.91 Å². The van der Waals surface area contributed by atoms with Gasteiger partial charge in [-0.05, 0) is 36.2 Å². The zero-order chi connectivity index (χ0) is 21.4. The number of amides is 1. The number of nitrogens with zero attached hydrogens (tertiary/aromatic N) is 2. The summed E-state index contributed by atoms with van der Waals surface area (Å²) in [6.45, 7) is 1.04. The Labute approximate surface area is 193 Å². The van der Waals surface area contributed by atoms with E-state index < -0.39 is 12.1 Å². The number of hydrogen-bond acceptors (Lipinski definition) is 4. The Hall–Kier alpha value is -1.54. The molecule has 2 atom stereocenters. The molecule has 0 radical (unpaired) electrons. The van der Waals surface area contributed by atoms with Crippen molar-refractivity contribution in [3.63, 3.8) is 0 Å². The highest BCUT2D eigenvalue weighted by atomic mass is 35.5. The molecular formula is C20H18Cl4N4O2. The fraction of sp³-hybridized carbons (Fsp3) is 0.300. The number of aliphatic hydroxyl groups excluding tert-OH is 1. The first-order valence-corrected chi connectivity index (χ1v) is 10.8. The maximum absolute atomic E-state index is 12.8. The first-order chi connectivity index (χ1) is 14.3. The zero-order valence-corrected chi connectivity index (χ0v) is 18.7. The van der Waals surface area contributed by atoms with Crippen molar-refractivity contribution in [3.8, 4) is 0 Å². The molecule has 0 spiro atoms. The van der Waals surface area contributed by atoms with Gasteiger partial charge in [-0.15, -0.1) is 0 Å². The molecule has 1 aliphatic heterocycles. The molecule has 1 aliphatic rings. The van der Waals surface area contributed by atoms with Gasteiger partial charge in [0.1, 0.15) is 5.82 Å². The van der Waals surface area contributed by atoms with E-state index in [-0.39, 0.29) is 12.5 Å². The Kier molecular flexibility index (Phi) is 6.44. The van der Waals surface area contributed by atoms with E-state index >= 15 is 0 Å². The molecule has 30 heavy (non-hydrogen) atoms. The molecule has 0 saturated carbocycles. The van der Waals surface area contributed by atoms with Crippen molar-refractivity contribution in [2.24, 2.45) is 0 Å². The van der Waals surface area contributed by atoms with Crippen LogP contribution >= 0.6 is 46.4 Å². The highest BCUT2D eigenvalue weighted by molar-refractivity contribution is 6.42. The minimum Gasteiger partial charge on any atom is -0.392 e. The van der Waals surface area contributed by atoms with E-state index in [4.69, 9.17) is 46.4 Å². The lowest BCUT2D eigenvalue weighted by atomic mass is 10.1. The third-order valence-electron chi connectivity index (χ3n) is 5.08. The molecule has 0 aliphatic carbocycles. The highest BCUT2D eigenvalue weighted by Gasteiger charge is 2.36. The minimum absolute atomic E-state index is 0.187. The number of carbonyl (C=O) groups is 1. The van der Waals surface area contributed by atoms with Crippen molar-refractivity contribution in [3.05, 3.63) is 61.8 Å². The van der Waals surface area contributed by atoms with Gasteiger partial charge in [0.25, 0.3) is 0 Å². The Balaban J connectivity index is 1.43. The Morgan fingerprint density at radius 2 is 1.93 bits per heavy atom. The van der Waals surface area contributed by atoms with Crippen LogP contribution in [0.15, 0.2) is 30.3 Å². The lowest BCUT2D eigenvalue weighted by Crippen LogP contribution is -2.42. The van der Waals surface area contributed by atoms with Crippen LogP contribution in [-0.2, 0) is 17.9 Å². The molecule has 4 rings (SSSR count). The van der Waals surface area contributed by atoms with Crippen molar-refractivity contribution in [2.75, 3.05) is 6.54 Å². The number of likely N-dealkylation sites (tertiary alicyclic amines) is 1. The SMILES string of the molecule is O=C(NCc1nc2cc(Cl)c(Cl)cc2[nH]1)[C@@H]1C[C@@H](O)CN1Cc1ccc(Cl)cc1Cl. The van der Waals surface area contributed by atoms with Crippen LogP contribution in [0, 0.1) is 0 Å². The summed E-state index contributed by atoms with van der Waals surface area (Å²) >= 11 is 24.3. The summed E-state index contributed by atoms with van der Waals surface area (Å²) < 4.78 is 0. The van der Waals surface area contributed by atoms with Crippen molar-refractivity contribution in [2.45, 2.75) is 31.7 Å². The Bertz CT molecular complexity index is 1060. The van der Waals surface area contributed by atoms with Crippen molar-refractivity contribution < 1.29 is 9.90 Å². The first-order valence-electron chi connectivity index (χ1n) is 9.27. The number of nitrogens with one attached hydrogen (secondary N) is 2. The quantitative estimate of drug-likeness (QED) is 0.497. The fourth-order valence-electron chi connectivity index (χ4n) is 3.63. The number of H-pyrrole nitrogens is 1. The normalized spacial score (nSPS) is 19.5. The molecule has 3 N–H and O–H groups in total. The highest BCUT2D eigenvalue weighted by Crippen LogP contribution is 2.28. The molecule has 1 fully saturated rings. The fourth-order valence-corrected chi connectivity index (χ4v) is 4.42. The van der Waals surface area contributed by atoms with E-state index in [9.17, 15) is 9.90 Å². The van der Waals surface area contributed by atoms with Crippen LogP contribution < -0.4 is 5.32 Å². The van der Waals surface area contributed by atoms with Gasteiger partial charge in [0, 0.05) is 23.1 Å². The van der Waals surface area contributed by atoms with Gasteiger partial charge in [-0.3, -0.25) is 9.69 Å². The molecule has 0 bridgehead atoms. The molecule has 1 aromatic heterocycles. The van der Waals surface area contributed by atoms with Gasteiger partial charge < -0.3 is 15.4 Å². The van der Waals surface area contributed by atoms with Gasteiger partial charge >= 0.3 is 0 Å². The molecule has 1 amide bonds. The van der Waals surface area contributed by atoms with Gasteiger partial charge in [0.05, 0.1) is 39.8 Å². The van der Waals surface area contributed by atoms with E-state index in [2.05, 4.69) is 15.3 Å². The summed E-state index contributed by atoms with van der Waals surface area (Å²) in [7, 11) is 0. The van der Waals surface area contributed by atoms with Crippen LogP contribution in [0.4, 0.5) is 0 Å². The molecule has 2 heterocycles. The van der Waals surface area contributed by atoms with Crippen LogP contribution in [-0.4, -0.2) is 44.6 Å². The van der Waals surface area contributed by atoms with E-state index in [0.29, 0.717) is 50.9 Å². The molecule has 1 saturated heterocycles. The molecule has 2 aromatic carbocycles. The predicted octanol–water partition coefficient (Wildman–Crippen LogP) is 4.43. The van der Waals surface area contributed by atoms with Gasteiger partial charge in [-0.1, -0.05) is 52.5 Å². The van der Waals surface area contributed by atoms with E-state index in [1.54, 1.807) is 24.3 Å². The number of fused-ring (bicyclic) bond motifs is 1. The molecule has 6 nitrogen and oxygen atoms in total. The Morgan fingerprint density at radius 3 is 2.70 bits per heavy atom. The molecular weight excluding hydrogens is 470 g/mol. The lowest BCUT2D eigenvalue weighted by Gasteiger charge is -2.23. The van der Waals surface area contributed by atoms with Crippen molar-refractivity contribution >= 4 is 63.3 Å². The monoisotopic (exact) mass is 486 g/mol. The van der Waals surface area contributed by atoms with Crippen molar-refractivity contribution in [1.29, 1.82) is 0 Å². The number of hydrogen-bond donors (Lipinski definition) is 3. The molecule has 158 valence electrons. The number of aromatic nitrogens is 2. The standard InChI is InChI=1S/C20H18Cl4N4O2/c21-11-2-1-10(13(22)3-11)8-28-9-12(29)4-18(28)20(30)25-7-19-26-16-5-14(23)15(24)6-17(16)27-19/h1-3,5-6,12,18,29H,4,7-9H2,(H,25,30)(H,26,27)/t12-,18+/m1/s1. The molecule has 0 unspecified atom stereocenters. The number of β-amino-alcohol motifs (C(OH)–C–C–N with tert-alkyl or cyclic N) is 1.